The van der Waals surface area contributed by atoms with Crippen LogP contribution in [0.15, 0.2) is 36.4 Å². The molecular weight excluding hydrogens is 258 g/mol. The molecule has 0 aliphatic heterocycles. The smallest absolute Gasteiger partial charge is 0.213 e. The highest BCUT2D eigenvalue weighted by Gasteiger charge is 2.07. The molecule has 0 N–H and O–H groups in total. The number of pyridine rings is 1. The minimum atomic E-state index is 0.260. The molecule has 0 radical (unpaired) electrons. The molecule has 2 aromatic rings. The van der Waals surface area contributed by atoms with Gasteiger partial charge in [0.25, 0.3) is 0 Å². The summed E-state index contributed by atoms with van der Waals surface area (Å²) >= 11 is 0. The summed E-state index contributed by atoms with van der Waals surface area (Å²) in [6, 6.07) is 10.4. The molecule has 0 unspecified atom stereocenters. The first-order valence-electron chi connectivity index (χ1n) is 6.02. The molecule has 0 fully saturated rings. The van der Waals surface area contributed by atoms with Gasteiger partial charge in [-0.25, -0.2) is 4.98 Å². The van der Waals surface area contributed by atoms with Crippen LogP contribution < -0.4 is 14.2 Å². The molecule has 2 rings (SSSR count). The van der Waals surface area contributed by atoms with Crippen molar-refractivity contribution in [3.8, 4) is 17.4 Å². The van der Waals surface area contributed by atoms with Crippen LogP contribution >= 0.6 is 0 Å². The first kappa shape index (κ1) is 13.9. The fourth-order valence-corrected chi connectivity index (χ4v) is 1.68. The van der Waals surface area contributed by atoms with Gasteiger partial charge < -0.3 is 14.2 Å². The molecule has 0 amide bonds. The molecular formula is C15H15NO4. The molecule has 0 saturated heterocycles. The molecule has 0 spiro atoms. The predicted molar refractivity (Wildman–Crippen MR) is 73.5 cm³/mol. The largest absolute Gasteiger partial charge is 0.493 e. The normalized spacial score (nSPS) is 9.90. The zero-order valence-corrected chi connectivity index (χ0v) is 11.3. The second-order valence-electron chi connectivity index (χ2n) is 3.99. The number of aldehydes is 1. The van der Waals surface area contributed by atoms with Crippen molar-refractivity contribution in [3.05, 3.63) is 47.7 Å². The Kier molecular flexibility index (Phi) is 4.55. The lowest BCUT2D eigenvalue weighted by Gasteiger charge is -2.11. The molecule has 5 nitrogen and oxygen atoms in total. The van der Waals surface area contributed by atoms with E-state index < -0.39 is 0 Å². The molecule has 1 aromatic carbocycles. The Morgan fingerprint density at radius 1 is 1.10 bits per heavy atom. The van der Waals surface area contributed by atoms with Crippen LogP contribution in [0.3, 0.4) is 0 Å². The van der Waals surface area contributed by atoms with Crippen LogP contribution in [-0.4, -0.2) is 25.5 Å². The van der Waals surface area contributed by atoms with Gasteiger partial charge in [0.15, 0.2) is 11.5 Å². The summed E-state index contributed by atoms with van der Waals surface area (Å²) in [5.41, 5.74) is 1.25. The van der Waals surface area contributed by atoms with Gasteiger partial charge in [-0.15, -0.1) is 0 Å². The number of methoxy groups -OCH3 is 2. The zero-order chi connectivity index (χ0) is 14.4. The van der Waals surface area contributed by atoms with E-state index in [0.29, 0.717) is 22.9 Å². The van der Waals surface area contributed by atoms with E-state index in [4.69, 9.17) is 14.2 Å². The van der Waals surface area contributed by atoms with Crippen LogP contribution in [0.1, 0.15) is 16.1 Å². The Morgan fingerprint density at radius 2 is 1.95 bits per heavy atom. The van der Waals surface area contributed by atoms with Crippen molar-refractivity contribution in [2.24, 2.45) is 0 Å². The van der Waals surface area contributed by atoms with E-state index in [0.717, 1.165) is 12.0 Å². The van der Waals surface area contributed by atoms with Crippen molar-refractivity contribution >= 4 is 6.29 Å². The van der Waals surface area contributed by atoms with Crippen LogP contribution in [0.4, 0.5) is 0 Å². The van der Waals surface area contributed by atoms with Gasteiger partial charge in [-0.2, -0.15) is 0 Å². The SMILES string of the molecule is COc1cccc(COc2cc(C=O)ccc2OC)n1. The first-order chi connectivity index (χ1) is 9.76. The number of hydrogen-bond donors (Lipinski definition) is 0. The Morgan fingerprint density at radius 3 is 2.65 bits per heavy atom. The summed E-state index contributed by atoms with van der Waals surface area (Å²) in [4.78, 5) is 15.0. The predicted octanol–water partition coefficient (Wildman–Crippen LogP) is 2.49. The number of benzene rings is 1. The summed E-state index contributed by atoms with van der Waals surface area (Å²) in [6.45, 7) is 0.260. The van der Waals surface area contributed by atoms with Gasteiger partial charge in [-0.05, 0) is 24.3 Å². The molecule has 1 heterocycles. The standard InChI is InChI=1S/C15H15NO4/c1-18-13-7-6-11(9-17)8-14(13)20-10-12-4-3-5-15(16-12)19-2/h3-9H,10H2,1-2H3. The van der Waals surface area contributed by atoms with Gasteiger partial charge in [0, 0.05) is 11.6 Å². The topological polar surface area (TPSA) is 57.7 Å². The van der Waals surface area contributed by atoms with Crippen LogP contribution in [0.2, 0.25) is 0 Å². The third-order valence-corrected chi connectivity index (χ3v) is 2.69. The molecule has 0 atom stereocenters. The molecule has 20 heavy (non-hydrogen) atoms. The van der Waals surface area contributed by atoms with Crippen molar-refractivity contribution in [1.29, 1.82) is 0 Å². The van der Waals surface area contributed by atoms with E-state index in [2.05, 4.69) is 4.98 Å². The number of hydrogen-bond acceptors (Lipinski definition) is 5. The number of carbonyl (C=O) groups excluding carboxylic acids is 1. The molecule has 0 aliphatic rings. The fourth-order valence-electron chi connectivity index (χ4n) is 1.68. The second-order valence-corrected chi connectivity index (χ2v) is 3.99. The minimum absolute atomic E-state index is 0.260. The fraction of sp³-hybridized carbons (Fsp3) is 0.200. The maximum atomic E-state index is 10.8. The van der Waals surface area contributed by atoms with Gasteiger partial charge in [-0.3, -0.25) is 4.79 Å². The van der Waals surface area contributed by atoms with Crippen LogP contribution in [0, 0.1) is 0 Å². The lowest BCUT2D eigenvalue weighted by Crippen LogP contribution is -2.01. The Labute approximate surface area is 117 Å². The van der Waals surface area contributed by atoms with Crippen molar-refractivity contribution in [2.45, 2.75) is 6.61 Å². The Hall–Kier alpha value is -2.56. The first-order valence-corrected chi connectivity index (χ1v) is 6.02. The van der Waals surface area contributed by atoms with Gasteiger partial charge in [0.05, 0.1) is 19.9 Å². The molecule has 0 bridgehead atoms. The highest BCUT2D eigenvalue weighted by molar-refractivity contribution is 5.76. The molecule has 5 heteroatoms. The number of ether oxygens (including phenoxy) is 3. The van der Waals surface area contributed by atoms with E-state index in [1.165, 1.54) is 0 Å². The highest BCUT2D eigenvalue weighted by atomic mass is 16.5. The second kappa shape index (κ2) is 6.56. The van der Waals surface area contributed by atoms with Crippen LogP contribution in [0.25, 0.3) is 0 Å². The number of nitrogens with zero attached hydrogens (tertiary/aromatic N) is 1. The molecule has 104 valence electrons. The third kappa shape index (κ3) is 3.26. The van der Waals surface area contributed by atoms with Gasteiger partial charge >= 0.3 is 0 Å². The summed E-state index contributed by atoms with van der Waals surface area (Å²) < 4.78 is 15.9. The number of carbonyl (C=O) groups is 1. The van der Waals surface area contributed by atoms with Crippen molar-refractivity contribution in [2.75, 3.05) is 14.2 Å². The van der Waals surface area contributed by atoms with Gasteiger partial charge in [0.1, 0.15) is 12.9 Å². The van der Waals surface area contributed by atoms with Crippen molar-refractivity contribution in [1.82, 2.24) is 4.98 Å². The van der Waals surface area contributed by atoms with E-state index in [1.807, 2.05) is 12.1 Å². The van der Waals surface area contributed by atoms with Crippen LogP contribution in [-0.2, 0) is 6.61 Å². The summed E-state index contributed by atoms with van der Waals surface area (Å²) in [7, 11) is 3.11. The highest BCUT2D eigenvalue weighted by Crippen LogP contribution is 2.28. The van der Waals surface area contributed by atoms with E-state index in [-0.39, 0.29) is 6.61 Å². The van der Waals surface area contributed by atoms with Gasteiger partial charge in [0.2, 0.25) is 5.88 Å². The Bertz CT molecular complexity index is 598. The summed E-state index contributed by atoms with van der Waals surface area (Å²) in [5.74, 6) is 1.60. The summed E-state index contributed by atoms with van der Waals surface area (Å²) in [6.07, 6.45) is 0.760. The zero-order valence-electron chi connectivity index (χ0n) is 11.3. The summed E-state index contributed by atoms with van der Waals surface area (Å²) in [5, 5.41) is 0. The average molecular weight is 273 g/mol. The van der Waals surface area contributed by atoms with E-state index >= 15 is 0 Å². The molecule has 1 aromatic heterocycles. The number of rotatable bonds is 6. The lowest BCUT2D eigenvalue weighted by atomic mass is 10.2. The maximum absolute atomic E-state index is 10.8. The van der Waals surface area contributed by atoms with E-state index in [9.17, 15) is 4.79 Å². The van der Waals surface area contributed by atoms with Crippen LogP contribution in [0.5, 0.6) is 17.4 Å². The van der Waals surface area contributed by atoms with E-state index in [1.54, 1.807) is 38.5 Å². The van der Waals surface area contributed by atoms with Gasteiger partial charge in [-0.1, -0.05) is 6.07 Å². The quantitative estimate of drug-likeness (QED) is 0.757. The average Bonchev–Trinajstić information content (AvgIpc) is 2.52. The molecule has 0 saturated carbocycles. The Balaban J connectivity index is 2.14. The van der Waals surface area contributed by atoms with Crippen molar-refractivity contribution in [3.63, 3.8) is 0 Å². The lowest BCUT2D eigenvalue weighted by molar-refractivity contribution is 0.112. The minimum Gasteiger partial charge on any atom is -0.493 e. The third-order valence-electron chi connectivity index (χ3n) is 2.69. The monoisotopic (exact) mass is 273 g/mol. The maximum Gasteiger partial charge on any atom is 0.213 e. The van der Waals surface area contributed by atoms with Crippen molar-refractivity contribution < 1.29 is 19.0 Å². The number of aromatic nitrogens is 1. The molecule has 0 aliphatic carbocycles.